The summed E-state index contributed by atoms with van der Waals surface area (Å²) >= 11 is 11.8. The molecule has 3 atom stereocenters. The van der Waals surface area contributed by atoms with Crippen molar-refractivity contribution in [1.82, 2.24) is 4.90 Å². The van der Waals surface area contributed by atoms with E-state index in [1.54, 1.807) is 24.3 Å². The Kier molecular flexibility index (Phi) is 9.35. The molecular formula is C25H31Cl2FN2O2. The van der Waals surface area contributed by atoms with Gasteiger partial charge in [0.05, 0.1) is 12.6 Å². The van der Waals surface area contributed by atoms with E-state index in [4.69, 9.17) is 23.2 Å². The molecule has 2 aliphatic rings. The molecule has 1 aromatic carbocycles. The maximum absolute atomic E-state index is 15.3. The third-order valence-electron chi connectivity index (χ3n) is 6.39. The van der Waals surface area contributed by atoms with Gasteiger partial charge in [-0.1, -0.05) is 61.2 Å². The van der Waals surface area contributed by atoms with Gasteiger partial charge in [-0.2, -0.15) is 0 Å². The van der Waals surface area contributed by atoms with Gasteiger partial charge in [0.15, 0.2) is 0 Å². The van der Waals surface area contributed by atoms with Crippen molar-refractivity contribution >= 4 is 34.8 Å². The first-order valence-electron chi connectivity index (χ1n) is 11.2. The summed E-state index contributed by atoms with van der Waals surface area (Å²) < 4.78 is 15.3. The van der Waals surface area contributed by atoms with Crippen molar-refractivity contribution < 1.29 is 14.3 Å². The summed E-state index contributed by atoms with van der Waals surface area (Å²) in [4.78, 5) is 15.4. The lowest BCUT2D eigenvalue weighted by Gasteiger charge is -2.34. The van der Waals surface area contributed by atoms with Crippen molar-refractivity contribution in [3.63, 3.8) is 0 Å². The molecule has 0 aromatic heterocycles. The zero-order valence-electron chi connectivity index (χ0n) is 18.2. The van der Waals surface area contributed by atoms with Crippen LogP contribution in [0, 0.1) is 11.8 Å². The van der Waals surface area contributed by atoms with Crippen LogP contribution in [0.2, 0.25) is 5.02 Å². The zero-order valence-corrected chi connectivity index (χ0v) is 19.7. The fourth-order valence-electron chi connectivity index (χ4n) is 4.87. The Balaban J connectivity index is 1.87. The van der Waals surface area contributed by atoms with Crippen molar-refractivity contribution in [3.8, 4) is 0 Å². The third-order valence-corrected chi connectivity index (χ3v) is 6.75. The highest BCUT2D eigenvalue weighted by molar-refractivity contribution is 6.31. The number of carbonyl (C=O) groups excluding carboxylic acids is 1. The van der Waals surface area contributed by atoms with Crippen LogP contribution in [0.4, 0.5) is 10.1 Å². The summed E-state index contributed by atoms with van der Waals surface area (Å²) in [5.41, 5.74) is 0.564. The highest BCUT2D eigenvalue weighted by Crippen LogP contribution is 2.38. The normalized spacial score (nSPS) is 25.4. The van der Waals surface area contributed by atoms with Crippen molar-refractivity contribution in [2.45, 2.75) is 50.6 Å². The number of rotatable bonds is 8. The molecule has 174 valence electrons. The lowest BCUT2D eigenvalue weighted by atomic mass is 9.88. The Labute approximate surface area is 199 Å². The first-order chi connectivity index (χ1) is 15.4. The summed E-state index contributed by atoms with van der Waals surface area (Å²) in [6.07, 6.45) is 10.5. The second-order valence-electron chi connectivity index (χ2n) is 8.68. The van der Waals surface area contributed by atoms with Crippen molar-refractivity contribution in [2.24, 2.45) is 11.8 Å². The molecule has 1 aromatic rings. The van der Waals surface area contributed by atoms with E-state index >= 15 is 4.39 Å². The van der Waals surface area contributed by atoms with E-state index in [-0.39, 0.29) is 18.6 Å². The van der Waals surface area contributed by atoms with Crippen LogP contribution in [-0.4, -0.2) is 41.1 Å². The standard InChI is InChI=1S/C25H31Cl2FN2O2/c1-17(26)7-5-12-23(28)22-14-21(16-31)30(15-18-8-3-2-4-9-18)24(22)25(32)29-20-11-6-10-19(27)13-20/h5-7,10-13,18,21-22,24,31H,1-4,8-9,14-16H2,(H,29,32)/b7-5-,23-12-/t21-,22?,24?/m1/s1. The van der Waals surface area contributed by atoms with Gasteiger partial charge in [-0.15, -0.1) is 0 Å². The number of nitrogens with one attached hydrogen (secondary N) is 1. The van der Waals surface area contributed by atoms with Gasteiger partial charge in [-0.05, 0) is 55.5 Å². The summed E-state index contributed by atoms with van der Waals surface area (Å²) in [7, 11) is 0. The molecule has 1 saturated carbocycles. The number of amides is 1. The van der Waals surface area contributed by atoms with E-state index in [0.717, 1.165) is 12.8 Å². The van der Waals surface area contributed by atoms with Gasteiger partial charge in [-0.3, -0.25) is 9.69 Å². The quantitative estimate of drug-likeness (QED) is 0.443. The first kappa shape index (κ1) is 25.0. The Morgan fingerprint density at radius 3 is 2.72 bits per heavy atom. The molecule has 1 saturated heterocycles. The fraction of sp³-hybridized carbons (Fsp3) is 0.480. The number of carbonyl (C=O) groups is 1. The molecule has 32 heavy (non-hydrogen) atoms. The van der Waals surface area contributed by atoms with Crippen LogP contribution in [0.25, 0.3) is 0 Å². The van der Waals surface area contributed by atoms with Gasteiger partial charge in [-0.25, -0.2) is 4.39 Å². The van der Waals surface area contributed by atoms with Crippen LogP contribution in [0.5, 0.6) is 0 Å². The lowest BCUT2D eigenvalue weighted by molar-refractivity contribution is -0.122. The second kappa shape index (κ2) is 12.0. The average Bonchev–Trinajstić information content (AvgIpc) is 3.12. The Hall–Kier alpha value is -1.66. The number of aliphatic hydroxyl groups excluding tert-OH is 1. The van der Waals surface area contributed by atoms with E-state index < -0.39 is 17.8 Å². The Morgan fingerprint density at radius 2 is 2.06 bits per heavy atom. The number of nitrogens with zero attached hydrogens (tertiary/aromatic N) is 1. The van der Waals surface area contributed by atoms with E-state index in [9.17, 15) is 9.90 Å². The van der Waals surface area contributed by atoms with Crippen LogP contribution in [0.15, 0.2) is 59.9 Å². The van der Waals surface area contributed by atoms with E-state index in [0.29, 0.717) is 34.6 Å². The molecule has 2 unspecified atom stereocenters. The van der Waals surface area contributed by atoms with Gasteiger partial charge in [0.1, 0.15) is 5.83 Å². The lowest BCUT2D eigenvalue weighted by Crippen LogP contribution is -2.48. The fourth-order valence-corrected chi connectivity index (χ4v) is 5.14. The third kappa shape index (κ3) is 6.67. The summed E-state index contributed by atoms with van der Waals surface area (Å²) in [5, 5.41) is 13.8. The molecule has 7 heteroatoms. The SMILES string of the molecule is C=C(Cl)/C=C\C=C(/F)C1C[C@H](CO)N(CC2CCCCC2)C1C(=O)Nc1cccc(Cl)c1. The maximum atomic E-state index is 15.3. The summed E-state index contributed by atoms with van der Waals surface area (Å²) in [6, 6.07) is 5.90. The van der Waals surface area contributed by atoms with Crippen molar-refractivity contribution in [2.75, 3.05) is 18.5 Å². The van der Waals surface area contributed by atoms with Crippen LogP contribution in [-0.2, 0) is 4.79 Å². The molecule has 1 amide bonds. The summed E-state index contributed by atoms with van der Waals surface area (Å²) in [5.74, 6) is -0.916. The smallest absolute Gasteiger partial charge is 0.242 e. The van der Waals surface area contributed by atoms with Gasteiger partial charge >= 0.3 is 0 Å². The summed E-state index contributed by atoms with van der Waals surface area (Å²) in [6.45, 7) is 4.12. The van der Waals surface area contributed by atoms with Crippen molar-refractivity contribution in [1.29, 1.82) is 0 Å². The topological polar surface area (TPSA) is 52.6 Å². The number of hydrogen-bond acceptors (Lipinski definition) is 3. The average molecular weight is 481 g/mol. The molecule has 4 nitrogen and oxygen atoms in total. The molecular weight excluding hydrogens is 450 g/mol. The zero-order chi connectivity index (χ0) is 23.1. The number of halogens is 3. The highest BCUT2D eigenvalue weighted by Gasteiger charge is 2.47. The molecule has 0 bridgehead atoms. The molecule has 1 aliphatic heterocycles. The largest absolute Gasteiger partial charge is 0.395 e. The molecule has 2 fully saturated rings. The number of aliphatic hydroxyl groups is 1. The number of benzene rings is 1. The monoisotopic (exact) mass is 480 g/mol. The van der Waals surface area contributed by atoms with E-state index in [1.807, 2.05) is 4.90 Å². The van der Waals surface area contributed by atoms with E-state index in [1.165, 1.54) is 37.5 Å². The minimum Gasteiger partial charge on any atom is -0.395 e. The Bertz CT molecular complexity index is 867. The second-order valence-corrected chi connectivity index (χ2v) is 9.60. The van der Waals surface area contributed by atoms with Crippen LogP contribution in [0.1, 0.15) is 38.5 Å². The molecule has 1 aliphatic carbocycles. The van der Waals surface area contributed by atoms with E-state index in [2.05, 4.69) is 11.9 Å². The molecule has 0 radical (unpaired) electrons. The maximum Gasteiger partial charge on any atom is 0.242 e. The minimum atomic E-state index is -0.725. The molecule has 3 rings (SSSR count). The Morgan fingerprint density at radius 1 is 1.31 bits per heavy atom. The molecule has 0 spiro atoms. The number of anilines is 1. The number of likely N-dealkylation sites (tertiary alicyclic amines) is 1. The van der Waals surface area contributed by atoms with Gasteiger partial charge in [0.2, 0.25) is 5.91 Å². The van der Waals surface area contributed by atoms with Crippen molar-refractivity contribution in [3.05, 3.63) is 65.0 Å². The van der Waals surface area contributed by atoms with Gasteiger partial charge in [0.25, 0.3) is 0 Å². The minimum absolute atomic E-state index is 0.119. The van der Waals surface area contributed by atoms with Crippen LogP contribution in [0.3, 0.4) is 0 Å². The molecule has 2 N–H and O–H groups in total. The highest BCUT2D eigenvalue weighted by atomic mass is 35.5. The van der Waals surface area contributed by atoms with Gasteiger partial charge < -0.3 is 10.4 Å². The molecule has 1 heterocycles. The van der Waals surface area contributed by atoms with Crippen LogP contribution >= 0.6 is 23.2 Å². The van der Waals surface area contributed by atoms with Crippen LogP contribution < -0.4 is 5.32 Å². The predicted octanol–water partition coefficient (Wildman–Crippen LogP) is 6.07. The number of hydrogen-bond donors (Lipinski definition) is 2. The van der Waals surface area contributed by atoms with Gasteiger partial charge in [0, 0.05) is 34.2 Å². The predicted molar refractivity (Wildman–Crippen MR) is 129 cm³/mol. The number of allylic oxidation sites excluding steroid dienone is 4. The first-order valence-corrected chi connectivity index (χ1v) is 12.0.